The van der Waals surface area contributed by atoms with E-state index < -0.39 is 118 Å². The van der Waals surface area contributed by atoms with Crippen molar-refractivity contribution in [2.75, 3.05) is 91.7 Å². The quantitative estimate of drug-likeness (QED) is 0.0237. The molecule has 0 aliphatic carbocycles. The van der Waals surface area contributed by atoms with Crippen LogP contribution in [-0.2, 0) is 57.0 Å². The van der Waals surface area contributed by atoms with E-state index >= 15 is 0 Å². The summed E-state index contributed by atoms with van der Waals surface area (Å²) in [5.74, 6) is -11.3. The highest BCUT2D eigenvalue weighted by molar-refractivity contribution is 7.50. The van der Waals surface area contributed by atoms with Crippen molar-refractivity contribution in [1.29, 1.82) is 0 Å². The molecule has 1 fully saturated rings. The van der Waals surface area contributed by atoms with Crippen LogP contribution in [0.3, 0.4) is 0 Å². The molecule has 0 aromatic heterocycles. The van der Waals surface area contributed by atoms with Gasteiger partial charge in [-0.25, -0.2) is 19.2 Å². The van der Waals surface area contributed by atoms with Gasteiger partial charge in [-0.1, -0.05) is 6.42 Å². The minimum Gasteiger partial charge on any atom is -0.481 e. The predicted octanol–water partition coefficient (Wildman–Crippen LogP) is -3.53. The minimum absolute atomic E-state index is 0.0880. The zero-order chi connectivity index (χ0) is 49.1. The number of unbranched alkanes of at least 4 members (excludes halogenated alkanes) is 2. The molecular weight excluding hydrogens is 895 g/mol. The first-order chi connectivity index (χ1) is 30.5. The second-order valence-electron chi connectivity index (χ2n) is 15.0. The van der Waals surface area contributed by atoms with Gasteiger partial charge < -0.3 is 56.6 Å². The number of aliphatic carboxylic acids is 7. The Bertz CT molecular complexity index is 1660. The molecule has 1 aliphatic rings. The third-order valence-corrected chi connectivity index (χ3v) is 10.8. The lowest BCUT2D eigenvalue weighted by atomic mass is 10.1. The third-order valence-electron chi connectivity index (χ3n) is 9.64. The highest BCUT2D eigenvalue weighted by atomic mass is 31.2. The van der Waals surface area contributed by atoms with Crippen LogP contribution >= 0.6 is 7.75 Å². The maximum atomic E-state index is 12.9. The maximum Gasteiger partial charge on any atom is 0.403 e. The molecular formula is C36H61N8O20P. The van der Waals surface area contributed by atoms with Gasteiger partial charge in [-0.15, -0.1) is 0 Å². The molecule has 65 heavy (non-hydrogen) atoms. The molecule has 4 atom stereocenters. The van der Waals surface area contributed by atoms with Crippen LogP contribution in [-0.4, -0.2) is 230 Å². The molecule has 0 saturated carbocycles. The molecule has 3 amide bonds. The van der Waals surface area contributed by atoms with E-state index in [1.165, 1.54) is 0 Å². The molecule has 0 bridgehead atoms. The van der Waals surface area contributed by atoms with E-state index in [1.54, 1.807) is 24.7 Å². The van der Waals surface area contributed by atoms with Crippen LogP contribution in [0.4, 0.5) is 0 Å². The lowest BCUT2D eigenvalue weighted by Gasteiger charge is -2.32. The molecule has 1 heterocycles. The summed E-state index contributed by atoms with van der Waals surface area (Å²) >= 11 is 0. The van der Waals surface area contributed by atoms with E-state index in [0.29, 0.717) is 19.3 Å². The van der Waals surface area contributed by atoms with E-state index in [1.807, 2.05) is 0 Å². The Morgan fingerprint density at radius 3 is 1.29 bits per heavy atom. The lowest BCUT2D eigenvalue weighted by Crippen LogP contribution is -2.49. The molecule has 370 valence electrons. The number of nitrogens with one attached hydrogen (secondary N) is 4. The SMILES string of the molecule is O=C(O)CC[C@H](NP(=O)(O)OCC[C@H](NC(=O)CC[C@@H](NC(=O)CCCCCNC(=O)CN1CCN(CC(=O)O)CCN(CC(=O)O)CCN(CC(=O)O)CC1)C(=O)O)C(=O)O)C(=O)O. The third kappa shape index (κ3) is 28.2. The molecule has 28 nitrogen and oxygen atoms in total. The topological polar surface area (TPSA) is 420 Å². The molecule has 0 aromatic rings. The van der Waals surface area contributed by atoms with Crippen molar-refractivity contribution in [2.24, 2.45) is 0 Å². The maximum absolute atomic E-state index is 12.9. The van der Waals surface area contributed by atoms with E-state index in [4.69, 9.17) is 10.2 Å². The van der Waals surface area contributed by atoms with Crippen molar-refractivity contribution >= 4 is 67.3 Å². The largest absolute Gasteiger partial charge is 0.481 e. The number of carboxylic acid groups (broad SMARTS) is 7. The Morgan fingerprint density at radius 2 is 0.877 bits per heavy atom. The zero-order valence-corrected chi connectivity index (χ0v) is 36.6. The van der Waals surface area contributed by atoms with Crippen molar-refractivity contribution in [3.8, 4) is 0 Å². The monoisotopic (exact) mass is 956 g/mol. The van der Waals surface area contributed by atoms with Crippen LogP contribution in [0.2, 0.25) is 0 Å². The second-order valence-corrected chi connectivity index (χ2v) is 16.6. The van der Waals surface area contributed by atoms with Crippen LogP contribution in [0.25, 0.3) is 0 Å². The standard InChI is InChI=1S/C36H61N8O20P/c45-27(38-24(34(56)57)5-7-28(46)39-25(35(58)59)9-19-64-65(62,63)40-26(36(60)61)6-8-30(48)49)4-2-1-3-10-37-29(47)20-41-11-13-42(21-31(50)51)15-17-44(23-33(54)55)18-16-43(14-12-41)22-32(52)53/h24-26H,1-23H2,(H,37,47)(H,38,45)(H,39,46)(H,48,49)(H,50,51)(H,52,53)(H,54,55)(H,56,57)(H,58,59)(H,60,61)(H2,40,62,63)/t24-,25+,26+/m1/s1. The summed E-state index contributed by atoms with van der Waals surface area (Å²) in [6, 6.07) is -5.00. The lowest BCUT2D eigenvalue weighted by molar-refractivity contribution is -0.143. The van der Waals surface area contributed by atoms with Crippen molar-refractivity contribution in [3.63, 3.8) is 0 Å². The highest BCUT2D eigenvalue weighted by Crippen LogP contribution is 2.38. The van der Waals surface area contributed by atoms with Gasteiger partial charge in [-0.05, 0) is 25.7 Å². The van der Waals surface area contributed by atoms with Gasteiger partial charge in [0, 0.05) is 84.6 Å². The number of hydrogen-bond acceptors (Lipinski definition) is 16. The fourth-order valence-electron chi connectivity index (χ4n) is 6.22. The van der Waals surface area contributed by atoms with Crippen molar-refractivity contribution in [3.05, 3.63) is 0 Å². The number of carboxylic acids is 7. The molecule has 29 heteroatoms. The van der Waals surface area contributed by atoms with Gasteiger partial charge in [-0.3, -0.25) is 62.5 Å². The molecule has 1 rings (SSSR count). The Kier molecular flexibility index (Phi) is 27.3. The number of nitrogens with zero attached hydrogens (tertiary/aromatic N) is 4. The van der Waals surface area contributed by atoms with E-state index in [0.717, 1.165) is 0 Å². The first-order valence-electron chi connectivity index (χ1n) is 20.5. The molecule has 0 aromatic carbocycles. The van der Waals surface area contributed by atoms with Crippen molar-refractivity contribution in [1.82, 2.24) is 40.6 Å². The summed E-state index contributed by atoms with van der Waals surface area (Å²) in [7, 11) is -4.87. The second kappa shape index (κ2) is 30.7. The number of hydrogen-bond donors (Lipinski definition) is 12. The van der Waals surface area contributed by atoms with Crippen molar-refractivity contribution < 1.29 is 97.7 Å². The summed E-state index contributed by atoms with van der Waals surface area (Å²) in [4.78, 5) is 134. The van der Waals surface area contributed by atoms with Crippen LogP contribution in [0.5, 0.6) is 0 Å². The first-order valence-corrected chi connectivity index (χ1v) is 22.1. The number of carbonyl (C=O) groups is 10. The Labute approximate surface area is 372 Å². The number of amides is 3. The number of carbonyl (C=O) groups excluding carboxylic acids is 3. The number of rotatable bonds is 31. The van der Waals surface area contributed by atoms with Crippen LogP contribution in [0.15, 0.2) is 0 Å². The van der Waals surface area contributed by atoms with Gasteiger partial charge in [-0.2, -0.15) is 0 Å². The van der Waals surface area contributed by atoms with Crippen LogP contribution < -0.4 is 21.0 Å². The summed E-state index contributed by atoms with van der Waals surface area (Å²) < 4.78 is 16.9. The van der Waals surface area contributed by atoms with Gasteiger partial charge in [0.05, 0.1) is 32.8 Å². The molecule has 1 unspecified atom stereocenters. The average Bonchev–Trinajstić information content (AvgIpc) is 3.18. The van der Waals surface area contributed by atoms with Crippen LogP contribution in [0, 0.1) is 0 Å². The summed E-state index contributed by atoms with van der Waals surface area (Å²) in [5, 5.41) is 73.9. The fraction of sp³-hybridized carbons (Fsp3) is 0.722. The normalized spacial score (nSPS) is 17.1. The Hall–Kier alpha value is -5.35. The van der Waals surface area contributed by atoms with Gasteiger partial charge in [0.1, 0.15) is 18.1 Å². The summed E-state index contributed by atoms with van der Waals surface area (Å²) in [6.45, 7) is 0.286. The average molecular weight is 957 g/mol. The smallest absolute Gasteiger partial charge is 0.403 e. The van der Waals surface area contributed by atoms with E-state index in [2.05, 4.69) is 20.5 Å². The predicted molar refractivity (Wildman–Crippen MR) is 220 cm³/mol. The minimum atomic E-state index is -4.87. The van der Waals surface area contributed by atoms with Gasteiger partial charge >= 0.3 is 49.5 Å². The molecule has 0 radical (unpaired) electrons. The Morgan fingerprint density at radius 1 is 0.477 bits per heavy atom. The summed E-state index contributed by atoms with van der Waals surface area (Å²) in [6.07, 6.45) is -1.75. The highest BCUT2D eigenvalue weighted by Gasteiger charge is 2.31. The van der Waals surface area contributed by atoms with Crippen LogP contribution in [0.1, 0.15) is 57.8 Å². The fourth-order valence-corrected chi connectivity index (χ4v) is 7.28. The zero-order valence-electron chi connectivity index (χ0n) is 35.7. The Balaban J connectivity index is 2.58. The molecule has 1 aliphatic heterocycles. The van der Waals surface area contributed by atoms with E-state index in [9.17, 15) is 82.9 Å². The molecule has 0 spiro atoms. The molecule has 12 N–H and O–H groups in total. The van der Waals surface area contributed by atoms with Crippen molar-refractivity contribution in [2.45, 2.75) is 75.9 Å². The van der Waals surface area contributed by atoms with Gasteiger partial charge in [0.25, 0.3) is 0 Å². The first kappa shape index (κ1) is 57.7. The molecule has 1 saturated heterocycles. The van der Waals surface area contributed by atoms with E-state index in [-0.39, 0.29) is 97.4 Å². The summed E-state index contributed by atoms with van der Waals surface area (Å²) in [5.41, 5.74) is 0. The van der Waals surface area contributed by atoms with Gasteiger partial charge in [0.2, 0.25) is 17.7 Å². The van der Waals surface area contributed by atoms with Gasteiger partial charge in [0.15, 0.2) is 0 Å².